The summed E-state index contributed by atoms with van der Waals surface area (Å²) in [6.45, 7) is 0. The first-order valence-corrected chi connectivity index (χ1v) is 9.13. The Bertz CT molecular complexity index is 1180. The Kier molecular flexibility index (Phi) is 4.70. The quantitative estimate of drug-likeness (QED) is 0.510. The molecule has 0 saturated carbocycles. The number of nitrogens with one attached hydrogen (secondary N) is 1. The first-order chi connectivity index (χ1) is 13.7. The van der Waals surface area contributed by atoms with Gasteiger partial charge in [-0.3, -0.25) is 10.3 Å². The Balaban J connectivity index is 1.94. The topological polar surface area (TPSA) is 45.0 Å². The van der Waals surface area contributed by atoms with E-state index >= 15 is 0 Å². The van der Waals surface area contributed by atoms with Crippen LogP contribution in [0.5, 0.6) is 0 Å². The molecule has 0 fully saturated rings. The van der Waals surface area contributed by atoms with Gasteiger partial charge in [0.2, 0.25) is 5.60 Å². The molecule has 0 amide bonds. The zero-order chi connectivity index (χ0) is 20.8. The number of alkyl halides is 3. The molecule has 4 rings (SSSR count). The molecule has 1 atom stereocenters. The summed E-state index contributed by atoms with van der Waals surface area (Å²) in [5, 5.41) is 10.7. The monoisotopic (exact) mass is 434 g/mol. The van der Waals surface area contributed by atoms with E-state index < -0.39 is 11.8 Å². The molecule has 8 heteroatoms. The average Bonchev–Trinajstić information content (AvgIpc) is 3.13. The number of fused-ring (bicyclic) bond motifs is 1. The third kappa shape index (κ3) is 3.22. The highest BCUT2D eigenvalue weighted by Gasteiger charge is 2.59. The van der Waals surface area contributed by atoms with E-state index in [9.17, 15) is 18.4 Å². The van der Waals surface area contributed by atoms with Gasteiger partial charge < -0.3 is 0 Å². The van der Waals surface area contributed by atoms with Crippen LogP contribution in [0.4, 0.5) is 13.2 Å². The van der Waals surface area contributed by atoms with Gasteiger partial charge in [0.25, 0.3) is 0 Å². The van der Waals surface area contributed by atoms with Crippen molar-refractivity contribution in [3.8, 4) is 6.07 Å². The largest absolute Gasteiger partial charge is 0.428 e. The maximum atomic E-state index is 14.1. The van der Waals surface area contributed by atoms with E-state index in [-0.39, 0.29) is 21.3 Å². The first-order valence-electron chi connectivity index (χ1n) is 8.37. The van der Waals surface area contributed by atoms with Crippen molar-refractivity contribution in [2.24, 2.45) is 0 Å². The van der Waals surface area contributed by atoms with Gasteiger partial charge in [-0.15, -0.1) is 0 Å². The highest BCUT2D eigenvalue weighted by molar-refractivity contribution is 6.34. The van der Waals surface area contributed by atoms with Crippen LogP contribution in [0.1, 0.15) is 16.7 Å². The molecule has 1 heterocycles. The molecule has 3 aromatic rings. The molecule has 3 nitrogen and oxygen atoms in total. The van der Waals surface area contributed by atoms with Gasteiger partial charge in [-0.1, -0.05) is 53.5 Å². The minimum absolute atomic E-state index is 0.0606. The van der Waals surface area contributed by atoms with Crippen molar-refractivity contribution in [2.45, 2.75) is 11.8 Å². The highest BCUT2D eigenvalue weighted by atomic mass is 35.5. The molecule has 3 aromatic carbocycles. The van der Waals surface area contributed by atoms with Gasteiger partial charge in [-0.05, 0) is 35.7 Å². The molecule has 29 heavy (non-hydrogen) atoms. The molecule has 0 bridgehead atoms. The van der Waals surface area contributed by atoms with Crippen LogP contribution in [-0.2, 0) is 10.4 Å². The van der Waals surface area contributed by atoms with Crippen LogP contribution in [0.25, 0.3) is 16.5 Å². The molecular formula is C21H11Cl2F3N2O. The van der Waals surface area contributed by atoms with E-state index in [0.29, 0.717) is 21.9 Å². The number of halogens is 5. The zero-order valence-electron chi connectivity index (χ0n) is 14.5. The minimum Gasteiger partial charge on any atom is -0.265 e. The maximum absolute atomic E-state index is 14.1. The number of benzene rings is 3. The van der Waals surface area contributed by atoms with Crippen LogP contribution in [0.3, 0.4) is 0 Å². The molecule has 0 spiro atoms. The standard InChI is InChI=1S/C21H11Cl2F3N2O/c22-14-7-13(8-15(23)9-14)20(21(24,25)26)10-19(28-29-20)18-6-5-12(11-27)16-3-1-2-4-17(16)18/h1-10,28H. The van der Waals surface area contributed by atoms with Crippen molar-refractivity contribution in [3.05, 3.63) is 87.4 Å². The highest BCUT2D eigenvalue weighted by Crippen LogP contribution is 2.48. The van der Waals surface area contributed by atoms with E-state index in [0.717, 1.165) is 6.08 Å². The van der Waals surface area contributed by atoms with Gasteiger partial charge >= 0.3 is 6.18 Å². The lowest BCUT2D eigenvalue weighted by Gasteiger charge is -2.28. The lowest BCUT2D eigenvalue weighted by Crippen LogP contribution is -2.42. The Morgan fingerprint density at radius 3 is 2.24 bits per heavy atom. The van der Waals surface area contributed by atoms with Gasteiger partial charge in [0.1, 0.15) is 0 Å². The zero-order valence-corrected chi connectivity index (χ0v) is 16.0. The van der Waals surface area contributed by atoms with E-state index in [1.54, 1.807) is 36.4 Å². The lowest BCUT2D eigenvalue weighted by atomic mass is 9.90. The molecule has 0 aromatic heterocycles. The summed E-state index contributed by atoms with van der Waals surface area (Å²) >= 11 is 11.9. The number of hydrogen-bond acceptors (Lipinski definition) is 3. The number of nitriles is 1. The summed E-state index contributed by atoms with van der Waals surface area (Å²) in [6, 6.07) is 15.9. The Morgan fingerprint density at radius 2 is 1.62 bits per heavy atom. The molecule has 0 saturated heterocycles. The SMILES string of the molecule is N#Cc1ccc(C2=CC(c3cc(Cl)cc(Cl)c3)(C(F)(F)F)ON2)c2ccccc12. The Morgan fingerprint density at radius 1 is 0.966 bits per heavy atom. The predicted octanol–water partition coefficient (Wildman–Crippen LogP) is 6.35. The van der Waals surface area contributed by atoms with Crippen molar-refractivity contribution in [3.63, 3.8) is 0 Å². The van der Waals surface area contributed by atoms with Crippen molar-refractivity contribution in [1.29, 1.82) is 5.26 Å². The minimum atomic E-state index is -4.79. The molecule has 1 N–H and O–H groups in total. The number of nitrogens with zero attached hydrogens (tertiary/aromatic N) is 1. The van der Waals surface area contributed by atoms with Crippen LogP contribution in [0, 0.1) is 11.3 Å². The molecule has 1 unspecified atom stereocenters. The molecule has 1 aliphatic rings. The second kappa shape index (κ2) is 6.96. The summed E-state index contributed by atoms with van der Waals surface area (Å²) in [5.41, 5.74) is 0.409. The lowest BCUT2D eigenvalue weighted by molar-refractivity contribution is -0.269. The third-order valence-electron chi connectivity index (χ3n) is 4.72. The van der Waals surface area contributed by atoms with Crippen LogP contribution >= 0.6 is 23.2 Å². The Hall–Kier alpha value is -2.72. The summed E-state index contributed by atoms with van der Waals surface area (Å²) in [6.07, 6.45) is -3.83. The number of rotatable bonds is 2. The fourth-order valence-electron chi connectivity index (χ4n) is 3.38. The molecule has 0 aliphatic carbocycles. The van der Waals surface area contributed by atoms with Crippen LogP contribution in [-0.4, -0.2) is 6.18 Å². The normalized spacial score (nSPS) is 19.0. The van der Waals surface area contributed by atoms with Crippen molar-refractivity contribution in [2.75, 3.05) is 0 Å². The van der Waals surface area contributed by atoms with Crippen molar-refractivity contribution < 1.29 is 18.0 Å². The second-order valence-electron chi connectivity index (χ2n) is 6.47. The second-order valence-corrected chi connectivity index (χ2v) is 7.34. The van der Waals surface area contributed by atoms with E-state index in [2.05, 4.69) is 11.5 Å². The van der Waals surface area contributed by atoms with Gasteiger partial charge in [-0.25, -0.2) is 0 Å². The van der Waals surface area contributed by atoms with E-state index in [4.69, 9.17) is 28.0 Å². The van der Waals surface area contributed by atoms with Crippen LogP contribution in [0.2, 0.25) is 10.0 Å². The summed E-state index contributed by atoms with van der Waals surface area (Å²) in [7, 11) is 0. The van der Waals surface area contributed by atoms with E-state index in [1.807, 2.05) is 0 Å². The summed E-state index contributed by atoms with van der Waals surface area (Å²) in [4.78, 5) is 5.12. The maximum Gasteiger partial charge on any atom is 0.428 e. The van der Waals surface area contributed by atoms with Crippen LogP contribution < -0.4 is 5.48 Å². The van der Waals surface area contributed by atoms with Gasteiger partial charge in [-0.2, -0.15) is 18.4 Å². The fourth-order valence-corrected chi connectivity index (χ4v) is 3.90. The van der Waals surface area contributed by atoms with Crippen molar-refractivity contribution in [1.82, 2.24) is 5.48 Å². The third-order valence-corrected chi connectivity index (χ3v) is 5.15. The predicted molar refractivity (Wildman–Crippen MR) is 105 cm³/mol. The average molecular weight is 435 g/mol. The number of hydroxylamine groups is 1. The fraction of sp³-hybridized carbons (Fsp3) is 0.0952. The van der Waals surface area contributed by atoms with E-state index in [1.165, 1.54) is 18.2 Å². The number of hydrogen-bond donors (Lipinski definition) is 1. The molecular weight excluding hydrogens is 424 g/mol. The van der Waals surface area contributed by atoms with Crippen LogP contribution in [0.15, 0.2) is 60.7 Å². The van der Waals surface area contributed by atoms with Crippen molar-refractivity contribution >= 4 is 39.7 Å². The summed E-state index contributed by atoms with van der Waals surface area (Å²) < 4.78 is 42.4. The Labute approximate surface area is 173 Å². The van der Waals surface area contributed by atoms with Gasteiger partial charge in [0.05, 0.1) is 17.3 Å². The molecule has 0 radical (unpaired) electrons. The first kappa shape index (κ1) is 19.6. The molecule has 1 aliphatic heterocycles. The molecule has 146 valence electrons. The van der Waals surface area contributed by atoms with Gasteiger partial charge in [0.15, 0.2) is 0 Å². The smallest absolute Gasteiger partial charge is 0.265 e. The van der Waals surface area contributed by atoms with Gasteiger partial charge in [0, 0.05) is 26.6 Å². The summed E-state index contributed by atoms with van der Waals surface area (Å²) in [5.74, 6) is 0.